The highest BCUT2D eigenvalue weighted by atomic mass is 16.5. The van der Waals surface area contributed by atoms with E-state index in [0.717, 1.165) is 18.5 Å². The van der Waals surface area contributed by atoms with Gasteiger partial charge in [0.2, 0.25) is 0 Å². The van der Waals surface area contributed by atoms with E-state index in [1.807, 2.05) is 32.0 Å². The van der Waals surface area contributed by atoms with Crippen molar-refractivity contribution in [2.45, 2.75) is 45.4 Å². The maximum atomic E-state index is 12.2. The fraction of sp³-hybridized carbons (Fsp3) is 0.458. The summed E-state index contributed by atoms with van der Waals surface area (Å²) in [5.41, 5.74) is 2.39. The Morgan fingerprint density at radius 2 is 1.63 bits per heavy atom. The van der Waals surface area contributed by atoms with E-state index in [0.29, 0.717) is 5.75 Å². The van der Waals surface area contributed by atoms with Crippen LogP contribution < -0.4 is 4.74 Å². The second-order valence-corrected chi connectivity index (χ2v) is 7.77. The molecule has 0 spiro atoms. The van der Waals surface area contributed by atoms with Gasteiger partial charge in [-0.25, -0.2) is 0 Å². The summed E-state index contributed by atoms with van der Waals surface area (Å²) >= 11 is 0. The van der Waals surface area contributed by atoms with Gasteiger partial charge in [-0.3, -0.25) is 4.79 Å². The van der Waals surface area contributed by atoms with E-state index in [-0.39, 0.29) is 17.8 Å². The molecule has 2 aromatic carbocycles. The van der Waals surface area contributed by atoms with Crippen molar-refractivity contribution < 1.29 is 9.53 Å². The molecule has 3 rings (SSSR count). The normalized spacial score (nSPS) is 16.3. The molecular weight excluding hydrogens is 334 g/mol. The Hall–Kier alpha value is -2.13. The van der Waals surface area contributed by atoms with E-state index in [9.17, 15) is 4.79 Å². The van der Waals surface area contributed by atoms with Crippen LogP contribution in [0.5, 0.6) is 5.75 Å². The molecule has 0 bridgehead atoms. The molecule has 27 heavy (non-hydrogen) atoms. The third kappa shape index (κ3) is 5.43. The third-order valence-electron chi connectivity index (χ3n) is 5.36. The summed E-state index contributed by atoms with van der Waals surface area (Å²) in [6, 6.07) is 18.6. The van der Waals surface area contributed by atoms with E-state index in [1.165, 1.54) is 37.9 Å². The van der Waals surface area contributed by atoms with Gasteiger partial charge < -0.3 is 9.64 Å². The Morgan fingerprint density at radius 3 is 2.33 bits per heavy atom. The molecule has 1 fully saturated rings. The predicted molar refractivity (Wildman–Crippen MR) is 110 cm³/mol. The van der Waals surface area contributed by atoms with Crippen LogP contribution in [0, 0.1) is 5.92 Å². The minimum atomic E-state index is -0.176. The molecule has 0 aliphatic carbocycles. The second kappa shape index (κ2) is 9.70. The number of hydrogen-bond acceptors (Lipinski definition) is 3. The average Bonchev–Trinajstić information content (AvgIpc) is 2.71. The SMILES string of the molecule is CC(C)C(=O)Oc1ccccc1[C@@H](CCN1CCCCC1)c1ccccc1. The topological polar surface area (TPSA) is 29.5 Å². The fourth-order valence-electron chi connectivity index (χ4n) is 3.77. The van der Waals surface area contributed by atoms with E-state index >= 15 is 0 Å². The largest absolute Gasteiger partial charge is 0.426 e. The number of para-hydroxylation sites is 1. The molecule has 1 aliphatic rings. The van der Waals surface area contributed by atoms with Gasteiger partial charge >= 0.3 is 5.97 Å². The molecular formula is C24H31NO2. The molecule has 3 heteroatoms. The van der Waals surface area contributed by atoms with Crippen molar-refractivity contribution in [3.8, 4) is 5.75 Å². The zero-order valence-electron chi connectivity index (χ0n) is 16.6. The highest BCUT2D eigenvalue weighted by molar-refractivity contribution is 5.74. The Morgan fingerprint density at radius 1 is 0.963 bits per heavy atom. The van der Waals surface area contributed by atoms with E-state index in [4.69, 9.17) is 4.74 Å². The van der Waals surface area contributed by atoms with Crippen LogP contribution in [-0.4, -0.2) is 30.5 Å². The van der Waals surface area contributed by atoms with Gasteiger partial charge in [-0.05, 0) is 50.5 Å². The molecule has 0 N–H and O–H groups in total. The minimum Gasteiger partial charge on any atom is -0.426 e. The number of hydrogen-bond donors (Lipinski definition) is 0. The average molecular weight is 366 g/mol. The standard InChI is InChI=1S/C24H31NO2/c1-19(2)24(26)27-23-14-8-7-13-22(23)21(20-11-5-3-6-12-20)15-18-25-16-9-4-10-17-25/h3,5-8,11-14,19,21H,4,9-10,15-18H2,1-2H3/t21-/m0/s1. The summed E-state index contributed by atoms with van der Waals surface area (Å²) in [5.74, 6) is 0.611. The summed E-state index contributed by atoms with van der Waals surface area (Å²) in [6.45, 7) is 7.22. The van der Waals surface area contributed by atoms with Crippen molar-refractivity contribution in [1.82, 2.24) is 4.90 Å². The molecule has 0 saturated carbocycles. The number of likely N-dealkylation sites (tertiary alicyclic amines) is 1. The molecule has 144 valence electrons. The third-order valence-corrected chi connectivity index (χ3v) is 5.36. The smallest absolute Gasteiger partial charge is 0.313 e. The zero-order valence-corrected chi connectivity index (χ0v) is 16.6. The van der Waals surface area contributed by atoms with Crippen molar-refractivity contribution >= 4 is 5.97 Å². The first-order valence-electron chi connectivity index (χ1n) is 10.2. The number of esters is 1. The minimum absolute atomic E-state index is 0.137. The van der Waals surface area contributed by atoms with Crippen molar-refractivity contribution in [3.63, 3.8) is 0 Å². The van der Waals surface area contributed by atoms with Crippen LogP contribution >= 0.6 is 0 Å². The predicted octanol–water partition coefficient (Wildman–Crippen LogP) is 5.26. The number of ether oxygens (including phenoxy) is 1. The number of rotatable bonds is 7. The van der Waals surface area contributed by atoms with Gasteiger partial charge in [0.05, 0.1) is 5.92 Å². The molecule has 1 atom stereocenters. The summed E-state index contributed by atoms with van der Waals surface area (Å²) in [7, 11) is 0. The molecule has 0 amide bonds. The Bertz CT molecular complexity index is 720. The van der Waals surface area contributed by atoms with Gasteiger partial charge in [0, 0.05) is 11.5 Å². The molecule has 2 aromatic rings. The van der Waals surface area contributed by atoms with Gasteiger partial charge in [0.15, 0.2) is 0 Å². The number of carbonyl (C=O) groups excluding carboxylic acids is 1. The van der Waals surface area contributed by atoms with Crippen LogP contribution in [0.3, 0.4) is 0 Å². The van der Waals surface area contributed by atoms with E-state index < -0.39 is 0 Å². The molecule has 0 unspecified atom stereocenters. The molecule has 1 aliphatic heterocycles. The van der Waals surface area contributed by atoms with Crippen LogP contribution in [0.25, 0.3) is 0 Å². The Labute approximate surface area is 163 Å². The van der Waals surface area contributed by atoms with Gasteiger partial charge in [-0.1, -0.05) is 68.8 Å². The van der Waals surface area contributed by atoms with Crippen LogP contribution in [0.15, 0.2) is 54.6 Å². The van der Waals surface area contributed by atoms with Gasteiger partial charge in [0.25, 0.3) is 0 Å². The van der Waals surface area contributed by atoms with Crippen molar-refractivity contribution in [2.24, 2.45) is 5.92 Å². The number of carbonyl (C=O) groups is 1. The lowest BCUT2D eigenvalue weighted by Gasteiger charge is -2.29. The Balaban J connectivity index is 1.85. The van der Waals surface area contributed by atoms with Gasteiger partial charge in [-0.2, -0.15) is 0 Å². The summed E-state index contributed by atoms with van der Waals surface area (Å²) in [5, 5.41) is 0. The number of benzene rings is 2. The van der Waals surface area contributed by atoms with Crippen LogP contribution in [-0.2, 0) is 4.79 Å². The van der Waals surface area contributed by atoms with Crippen molar-refractivity contribution in [3.05, 3.63) is 65.7 Å². The van der Waals surface area contributed by atoms with E-state index in [2.05, 4.69) is 41.3 Å². The quantitative estimate of drug-likeness (QED) is 0.495. The highest BCUT2D eigenvalue weighted by Gasteiger charge is 2.22. The lowest BCUT2D eigenvalue weighted by molar-refractivity contribution is -0.137. The van der Waals surface area contributed by atoms with Crippen molar-refractivity contribution in [2.75, 3.05) is 19.6 Å². The first-order valence-corrected chi connectivity index (χ1v) is 10.2. The Kier molecular flexibility index (Phi) is 7.05. The monoisotopic (exact) mass is 365 g/mol. The second-order valence-electron chi connectivity index (χ2n) is 7.77. The maximum Gasteiger partial charge on any atom is 0.313 e. The first-order chi connectivity index (χ1) is 13.1. The lowest BCUT2D eigenvalue weighted by atomic mass is 9.87. The summed E-state index contributed by atoms with van der Waals surface area (Å²) in [4.78, 5) is 14.8. The fourth-order valence-corrected chi connectivity index (χ4v) is 3.77. The van der Waals surface area contributed by atoms with Gasteiger partial charge in [-0.15, -0.1) is 0 Å². The molecule has 1 saturated heterocycles. The van der Waals surface area contributed by atoms with Crippen molar-refractivity contribution in [1.29, 1.82) is 0 Å². The molecule has 0 aromatic heterocycles. The van der Waals surface area contributed by atoms with Gasteiger partial charge in [0.1, 0.15) is 5.75 Å². The maximum absolute atomic E-state index is 12.2. The van der Waals surface area contributed by atoms with E-state index in [1.54, 1.807) is 0 Å². The summed E-state index contributed by atoms with van der Waals surface area (Å²) in [6.07, 6.45) is 4.99. The molecule has 1 heterocycles. The number of piperidine rings is 1. The zero-order chi connectivity index (χ0) is 19.1. The van der Waals surface area contributed by atoms with Crippen LogP contribution in [0.2, 0.25) is 0 Å². The lowest BCUT2D eigenvalue weighted by Crippen LogP contribution is -2.31. The summed E-state index contributed by atoms with van der Waals surface area (Å²) < 4.78 is 5.75. The van der Waals surface area contributed by atoms with Crippen LogP contribution in [0.1, 0.15) is 56.6 Å². The number of nitrogens with zero attached hydrogens (tertiary/aromatic N) is 1. The van der Waals surface area contributed by atoms with Crippen LogP contribution in [0.4, 0.5) is 0 Å². The molecule has 0 radical (unpaired) electrons. The highest BCUT2D eigenvalue weighted by Crippen LogP contribution is 2.35. The molecule has 3 nitrogen and oxygen atoms in total. The first kappa shape index (κ1) is 19.6.